The Labute approximate surface area is 167 Å². The average molecular weight is 402 g/mol. The van der Waals surface area contributed by atoms with Crippen molar-refractivity contribution in [3.63, 3.8) is 0 Å². The zero-order valence-corrected chi connectivity index (χ0v) is 16.8. The third-order valence-corrected chi connectivity index (χ3v) is 4.31. The number of aromatic nitrogens is 1. The summed E-state index contributed by atoms with van der Waals surface area (Å²) >= 11 is 0. The second-order valence-corrected chi connectivity index (χ2v) is 6.07. The highest BCUT2D eigenvalue weighted by Crippen LogP contribution is 2.35. The maximum Gasteiger partial charge on any atom is 0.355 e. The Morgan fingerprint density at radius 1 is 1.17 bits per heavy atom. The van der Waals surface area contributed by atoms with Gasteiger partial charge in [0.25, 0.3) is 5.69 Å². The van der Waals surface area contributed by atoms with Crippen molar-refractivity contribution in [1.82, 2.24) is 4.98 Å². The quantitative estimate of drug-likeness (QED) is 0.235. The molecule has 0 amide bonds. The molecule has 0 spiro atoms. The Morgan fingerprint density at radius 2 is 1.79 bits per heavy atom. The number of ether oxygens (including phenoxy) is 3. The van der Waals surface area contributed by atoms with Crippen LogP contribution in [0.5, 0.6) is 11.5 Å². The summed E-state index contributed by atoms with van der Waals surface area (Å²) in [5, 5.41) is 11.4. The van der Waals surface area contributed by atoms with Crippen LogP contribution in [0.1, 0.15) is 44.6 Å². The Hall–Kier alpha value is -3.62. The number of aryl methyl sites for hydroxylation is 1. The largest absolute Gasteiger partial charge is 0.493 e. The first-order valence-electron chi connectivity index (χ1n) is 8.74. The number of nitro groups is 1. The molecule has 1 aromatic heterocycles. The van der Waals surface area contributed by atoms with Crippen molar-refractivity contribution in [3.8, 4) is 11.5 Å². The van der Waals surface area contributed by atoms with Crippen molar-refractivity contribution in [3.05, 3.63) is 56.4 Å². The molecule has 9 nitrogen and oxygen atoms in total. The zero-order valence-electron chi connectivity index (χ0n) is 16.8. The Morgan fingerprint density at radius 3 is 2.34 bits per heavy atom. The van der Waals surface area contributed by atoms with Crippen LogP contribution in [0.4, 0.5) is 5.69 Å². The van der Waals surface area contributed by atoms with E-state index in [0.717, 1.165) is 0 Å². The third kappa shape index (κ3) is 4.45. The third-order valence-electron chi connectivity index (χ3n) is 4.31. The van der Waals surface area contributed by atoms with Gasteiger partial charge < -0.3 is 19.2 Å². The van der Waals surface area contributed by atoms with Crippen LogP contribution in [0.3, 0.4) is 0 Å². The van der Waals surface area contributed by atoms with Gasteiger partial charge in [0, 0.05) is 11.3 Å². The summed E-state index contributed by atoms with van der Waals surface area (Å²) in [5.74, 6) is -0.453. The summed E-state index contributed by atoms with van der Waals surface area (Å²) in [5.41, 5.74) is 1.42. The number of carbonyl (C=O) groups is 2. The smallest absolute Gasteiger partial charge is 0.355 e. The number of esters is 1. The number of aromatic amines is 1. The Kier molecular flexibility index (Phi) is 6.76. The van der Waals surface area contributed by atoms with E-state index in [0.29, 0.717) is 22.6 Å². The van der Waals surface area contributed by atoms with Crippen molar-refractivity contribution < 1.29 is 28.7 Å². The first-order chi connectivity index (χ1) is 13.7. The summed E-state index contributed by atoms with van der Waals surface area (Å²) in [6.45, 7) is 5.20. The van der Waals surface area contributed by atoms with E-state index in [1.54, 1.807) is 20.8 Å². The number of nitrogens with one attached hydrogen (secondary N) is 1. The molecule has 0 saturated carbocycles. The Balaban J connectivity index is 2.44. The van der Waals surface area contributed by atoms with Crippen LogP contribution in [0.2, 0.25) is 0 Å². The number of hydrogen-bond donors (Lipinski definition) is 1. The van der Waals surface area contributed by atoms with Gasteiger partial charge >= 0.3 is 5.97 Å². The van der Waals surface area contributed by atoms with Crippen LogP contribution >= 0.6 is 0 Å². The lowest BCUT2D eigenvalue weighted by molar-refractivity contribution is -0.385. The predicted molar refractivity (Wildman–Crippen MR) is 106 cm³/mol. The number of hydrogen-bond acceptors (Lipinski definition) is 7. The number of ketones is 1. The van der Waals surface area contributed by atoms with E-state index in [1.165, 1.54) is 38.5 Å². The minimum Gasteiger partial charge on any atom is -0.493 e. The van der Waals surface area contributed by atoms with Crippen molar-refractivity contribution in [2.24, 2.45) is 0 Å². The van der Waals surface area contributed by atoms with Crippen molar-refractivity contribution in [2.75, 3.05) is 20.8 Å². The van der Waals surface area contributed by atoms with Crippen LogP contribution in [0.25, 0.3) is 6.08 Å². The number of nitrogens with zero attached hydrogens (tertiary/aromatic N) is 1. The van der Waals surface area contributed by atoms with Crippen LogP contribution < -0.4 is 9.47 Å². The SMILES string of the molecule is CCOC(=O)c1[nH]c(C)c(C(=O)/C=C\c2cc(OC)c(OC)cc2[N+](=O)[O-])c1C. The normalized spacial score (nSPS) is 10.8. The number of allylic oxidation sites excluding steroid dienone is 1. The van der Waals surface area contributed by atoms with Gasteiger partial charge in [-0.15, -0.1) is 0 Å². The van der Waals surface area contributed by atoms with Crippen molar-refractivity contribution in [2.45, 2.75) is 20.8 Å². The van der Waals surface area contributed by atoms with Gasteiger partial charge in [0.2, 0.25) is 0 Å². The lowest BCUT2D eigenvalue weighted by Gasteiger charge is -2.08. The average Bonchev–Trinajstić information content (AvgIpc) is 2.99. The van der Waals surface area contributed by atoms with Crippen LogP contribution in [0.15, 0.2) is 18.2 Å². The lowest BCUT2D eigenvalue weighted by Crippen LogP contribution is -2.07. The van der Waals surface area contributed by atoms with Crippen molar-refractivity contribution >= 4 is 23.5 Å². The molecule has 0 saturated heterocycles. The topological polar surface area (TPSA) is 121 Å². The maximum absolute atomic E-state index is 12.7. The molecule has 0 aliphatic carbocycles. The fourth-order valence-corrected chi connectivity index (χ4v) is 2.95. The highest BCUT2D eigenvalue weighted by molar-refractivity contribution is 6.10. The van der Waals surface area contributed by atoms with Gasteiger partial charge in [-0.3, -0.25) is 14.9 Å². The molecule has 29 heavy (non-hydrogen) atoms. The first-order valence-corrected chi connectivity index (χ1v) is 8.74. The second kappa shape index (κ2) is 9.05. The molecule has 0 fully saturated rings. The van der Waals surface area contributed by atoms with Crippen LogP contribution in [-0.2, 0) is 4.74 Å². The summed E-state index contributed by atoms with van der Waals surface area (Å²) in [4.78, 5) is 38.4. The highest BCUT2D eigenvalue weighted by atomic mass is 16.6. The van der Waals surface area contributed by atoms with Gasteiger partial charge in [-0.1, -0.05) is 0 Å². The van der Waals surface area contributed by atoms with E-state index in [9.17, 15) is 19.7 Å². The molecular formula is C20H22N2O7. The molecule has 0 atom stereocenters. The monoisotopic (exact) mass is 402 g/mol. The molecule has 1 aromatic carbocycles. The van der Waals surface area contributed by atoms with Crippen LogP contribution in [0, 0.1) is 24.0 Å². The summed E-state index contributed by atoms with van der Waals surface area (Å²) < 4.78 is 15.2. The summed E-state index contributed by atoms with van der Waals surface area (Å²) in [6, 6.07) is 2.65. The summed E-state index contributed by atoms with van der Waals surface area (Å²) in [7, 11) is 2.78. The van der Waals surface area contributed by atoms with E-state index in [1.807, 2.05) is 0 Å². The molecule has 1 N–H and O–H groups in total. The molecule has 0 aliphatic heterocycles. The minimum absolute atomic E-state index is 0.178. The predicted octanol–water partition coefficient (Wildman–Crippen LogP) is 3.63. The van der Waals surface area contributed by atoms with Gasteiger partial charge in [0.1, 0.15) is 5.69 Å². The number of nitro benzene ring substituents is 1. The second-order valence-electron chi connectivity index (χ2n) is 6.07. The molecule has 0 unspecified atom stereocenters. The van der Waals surface area contributed by atoms with Gasteiger partial charge in [0.05, 0.1) is 37.4 Å². The number of methoxy groups -OCH3 is 2. The minimum atomic E-state index is -0.572. The molecule has 1 heterocycles. The molecule has 0 radical (unpaired) electrons. The van der Waals surface area contributed by atoms with Gasteiger partial charge in [-0.05, 0) is 44.6 Å². The van der Waals surface area contributed by atoms with Gasteiger partial charge in [0.15, 0.2) is 17.3 Å². The highest BCUT2D eigenvalue weighted by Gasteiger charge is 2.22. The fraction of sp³-hybridized carbons (Fsp3) is 0.300. The van der Waals surface area contributed by atoms with E-state index < -0.39 is 16.7 Å². The molecule has 154 valence electrons. The maximum atomic E-state index is 12.7. The molecule has 2 rings (SSSR count). The van der Waals surface area contributed by atoms with E-state index in [2.05, 4.69) is 4.98 Å². The zero-order chi connectivity index (χ0) is 21.7. The molecule has 0 bridgehead atoms. The number of rotatable bonds is 8. The lowest BCUT2D eigenvalue weighted by atomic mass is 10.0. The standard InChI is InChI=1S/C20H22N2O7/c1-6-29-20(24)19-11(2)18(12(3)21-19)15(23)8-7-13-9-16(27-4)17(28-5)10-14(13)22(25)26/h7-10,21H,6H2,1-5H3/b8-7-. The summed E-state index contributed by atoms with van der Waals surface area (Å²) in [6.07, 6.45) is 2.55. The number of H-pyrrole nitrogens is 1. The van der Waals surface area contributed by atoms with E-state index in [4.69, 9.17) is 14.2 Å². The Bertz CT molecular complexity index is 989. The van der Waals surface area contributed by atoms with Crippen LogP contribution in [-0.4, -0.2) is 42.5 Å². The molecule has 9 heteroatoms. The number of benzene rings is 1. The molecule has 2 aromatic rings. The van der Waals surface area contributed by atoms with E-state index >= 15 is 0 Å². The number of carbonyl (C=O) groups excluding carboxylic acids is 2. The molecular weight excluding hydrogens is 380 g/mol. The van der Waals surface area contributed by atoms with Gasteiger partial charge in [-0.2, -0.15) is 0 Å². The van der Waals surface area contributed by atoms with Gasteiger partial charge in [-0.25, -0.2) is 4.79 Å². The molecule has 0 aliphatic rings. The first kappa shape index (κ1) is 21.7. The van der Waals surface area contributed by atoms with E-state index in [-0.39, 0.29) is 29.3 Å². The van der Waals surface area contributed by atoms with Crippen molar-refractivity contribution in [1.29, 1.82) is 0 Å². The fourth-order valence-electron chi connectivity index (χ4n) is 2.95.